The molecule has 0 fully saturated rings. The Morgan fingerprint density at radius 1 is 1.37 bits per heavy atom. The maximum atomic E-state index is 11.1. The second-order valence-corrected chi connectivity index (χ2v) is 5.15. The third kappa shape index (κ3) is 2.08. The summed E-state index contributed by atoms with van der Waals surface area (Å²) in [6.45, 7) is 6.09. The molecular formula is C13H17N5O. The van der Waals surface area contributed by atoms with Crippen molar-refractivity contribution in [3.63, 3.8) is 0 Å². The van der Waals surface area contributed by atoms with Crippen molar-refractivity contribution in [2.45, 2.75) is 26.4 Å². The lowest BCUT2D eigenvalue weighted by atomic mass is 10.0. The highest BCUT2D eigenvalue weighted by Gasteiger charge is 2.27. The highest BCUT2D eigenvalue weighted by molar-refractivity contribution is 5.53. The number of nitrogens with zero attached hydrogens (tertiary/aromatic N) is 3. The molecule has 1 unspecified atom stereocenters. The summed E-state index contributed by atoms with van der Waals surface area (Å²) in [5.74, 6) is 2.26. The van der Waals surface area contributed by atoms with Crippen molar-refractivity contribution in [3.8, 4) is 11.4 Å². The molecule has 19 heavy (non-hydrogen) atoms. The van der Waals surface area contributed by atoms with Crippen LogP contribution in [0.5, 0.6) is 0 Å². The Kier molecular flexibility index (Phi) is 2.94. The van der Waals surface area contributed by atoms with Gasteiger partial charge >= 0.3 is 0 Å². The van der Waals surface area contributed by atoms with E-state index in [-0.39, 0.29) is 11.6 Å². The first kappa shape index (κ1) is 12.1. The van der Waals surface area contributed by atoms with Crippen LogP contribution in [0.15, 0.2) is 23.1 Å². The van der Waals surface area contributed by atoms with Gasteiger partial charge in [0.1, 0.15) is 0 Å². The van der Waals surface area contributed by atoms with Crippen molar-refractivity contribution in [1.82, 2.24) is 25.1 Å². The summed E-state index contributed by atoms with van der Waals surface area (Å²) in [7, 11) is 0. The zero-order valence-electron chi connectivity index (χ0n) is 11.1. The molecular weight excluding hydrogens is 242 g/mol. The van der Waals surface area contributed by atoms with E-state index in [2.05, 4.69) is 38.9 Å². The predicted octanol–water partition coefficient (Wildman–Crippen LogP) is 0.934. The summed E-state index contributed by atoms with van der Waals surface area (Å²) in [5, 5.41) is 12.1. The molecule has 2 aromatic heterocycles. The van der Waals surface area contributed by atoms with Crippen molar-refractivity contribution in [3.05, 3.63) is 34.5 Å². The van der Waals surface area contributed by atoms with Gasteiger partial charge in [-0.2, -0.15) is 0 Å². The van der Waals surface area contributed by atoms with Crippen LogP contribution in [0.2, 0.25) is 0 Å². The molecule has 1 atom stereocenters. The monoisotopic (exact) mass is 259 g/mol. The van der Waals surface area contributed by atoms with E-state index in [1.165, 1.54) is 6.07 Å². The summed E-state index contributed by atoms with van der Waals surface area (Å²) >= 11 is 0. The normalized spacial score (nSPS) is 18.6. The third-order valence-electron chi connectivity index (χ3n) is 3.47. The standard InChI is InChI=1S/C13H17N5O/c1-8(2)11-13-17-16-12(18(13)6-5-14-11)9-3-4-10(19)15-7-9/h3-4,7-8,11,14H,5-6H2,1-2H3,(H,15,19). The van der Waals surface area contributed by atoms with E-state index in [1.807, 2.05) is 0 Å². The summed E-state index contributed by atoms with van der Waals surface area (Å²) < 4.78 is 2.13. The largest absolute Gasteiger partial charge is 0.328 e. The van der Waals surface area contributed by atoms with Crippen LogP contribution in [0.25, 0.3) is 11.4 Å². The molecule has 0 spiro atoms. The quantitative estimate of drug-likeness (QED) is 0.841. The van der Waals surface area contributed by atoms with E-state index in [0.29, 0.717) is 5.92 Å². The fourth-order valence-corrected chi connectivity index (χ4v) is 2.49. The minimum Gasteiger partial charge on any atom is -0.328 e. The highest BCUT2D eigenvalue weighted by Crippen LogP contribution is 2.26. The van der Waals surface area contributed by atoms with Gasteiger partial charge < -0.3 is 14.9 Å². The van der Waals surface area contributed by atoms with Crippen molar-refractivity contribution >= 4 is 0 Å². The van der Waals surface area contributed by atoms with E-state index in [1.54, 1.807) is 12.3 Å². The topological polar surface area (TPSA) is 75.6 Å². The summed E-state index contributed by atoms with van der Waals surface area (Å²) in [6, 6.07) is 3.53. The molecule has 2 N–H and O–H groups in total. The first-order chi connectivity index (χ1) is 9.16. The van der Waals surface area contributed by atoms with Gasteiger partial charge in [0.25, 0.3) is 0 Å². The number of pyridine rings is 1. The first-order valence-electron chi connectivity index (χ1n) is 6.52. The lowest BCUT2D eigenvalue weighted by Gasteiger charge is -2.27. The van der Waals surface area contributed by atoms with Gasteiger partial charge in [-0.25, -0.2) is 0 Å². The molecule has 0 saturated heterocycles. The lowest BCUT2D eigenvalue weighted by Crippen LogP contribution is -2.36. The van der Waals surface area contributed by atoms with Crippen LogP contribution < -0.4 is 10.9 Å². The maximum Gasteiger partial charge on any atom is 0.247 e. The summed E-state index contributed by atoms with van der Waals surface area (Å²) in [5.41, 5.74) is 0.784. The predicted molar refractivity (Wildman–Crippen MR) is 71.7 cm³/mol. The summed E-state index contributed by atoms with van der Waals surface area (Å²) in [6.07, 6.45) is 1.69. The zero-order valence-corrected chi connectivity index (χ0v) is 11.1. The van der Waals surface area contributed by atoms with Crippen molar-refractivity contribution in [2.75, 3.05) is 6.54 Å². The molecule has 100 valence electrons. The zero-order chi connectivity index (χ0) is 13.4. The van der Waals surface area contributed by atoms with E-state index >= 15 is 0 Å². The van der Waals surface area contributed by atoms with Gasteiger partial charge in [0.2, 0.25) is 5.56 Å². The van der Waals surface area contributed by atoms with E-state index in [0.717, 1.165) is 30.3 Å². The number of H-pyrrole nitrogens is 1. The van der Waals surface area contributed by atoms with Crippen LogP contribution in [-0.4, -0.2) is 26.3 Å². The number of hydrogen-bond donors (Lipinski definition) is 2. The van der Waals surface area contributed by atoms with Gasteiger partial charge in [0.05, 0.1) is 6.04 Å². The lowest BCUT2D eigenvalue weighted by molar-refractivity contribution is 0.339. The van der Waals surface area contributed by atoms with Crippen LogP contribution in [0.3, 0.4) is 0 Å². The Labute approximate surface area is 110 Å². The molecule has 0 radical (unpaired) electrons. The Morgan fingerprint density at radius 2 is 2.21 bits per heavy atom. The molecule has 0 bridgehead atoms. The number of rotatable bonds is 2. The first-order valence-corrected chi connectivity index (χ1v) is 6.52. The second-order valence-electron chi connectivity index (χ2n) is 5.15. The average Bonchev–Trinajstić information content (AvgIpc) is 2.83. The molecule has 6 heteroatoms. The van der Waals surface area contributed by atoms with Crippen LogP contribution in [-0.2, 0) is 6.54 Å². The molecule has 1 aliphatic heterocycles. The van der Waals surface area contributed by atoms with Gasteiger partial charge in [-0.3, -0.25) is 4.79 Å². The molecule has 0 amide bonds. The Balaban J connectivity index is 2.05. The number of nitrogens with one attached hydrogen (secondary N) is 2. The van der Waals surface area contributed by atoms with Crippen LogP contribution in [0.1, 0.15) is 25.7 Å². The number of aromatic nitrogens is 4. The van der Waals surface area contributed by atoms with E-state index < -0.39 is 0 Å². The molecule has 1 aliphatic rings. The van der Waals surface area contributed by atoms with E-state index in [4.69, 9.17) is 0 Å². The second kappa shape index (κ2) is 4.62. The Morgan fingerprint density at radius 3 is 2.89 bits per heavy atom. The van der Waals surface area contributed by atoms with Gasteiger partial charge in [-0.1, -0.05) is 13.8 Å². The number of hydrogen-bond acceptors (Lipinski definition) is 4. The van der Waals surface area contributed by atoms with Crippen molar-refractivity contribution < 1.29 is 0 Å². The SMILES string of the molecule is CC(C)C1NCCn2c(-c3ccc(=O)[nH]c3)nnc21. The minimum atomic E-state index is -0.108. The average molecular weight is 259 g/mol. The number of fused-ring (bicyclic) bond motifs is 1. The van der Waals surface area contributed by atoms with Crippen LogP contribution in [0, 0.1) is 5.92 Å². The van der Waals surface area contributed by atoms with Crippen LogP contribution >= 0.6 is 0 Å². The molecule has 0 aliphatic carbocycles. The molecule has 6 nitrogen and oxygen atoms in total. The molecule has 2 aromatic rings. The van der Waals surface area contributed by atoms with Gasteiger partial charge in [-0.05, 0) is 12.0 Å². The van der Waals surface area contributed by atoms with Gasteiger partial charge in [0, 0.05) is 30.9 Å². The molecule has 3 heterocycles. The molecule has 3 rings (SSSR count). The minimum absolute atomic E-state index is 0.108. The fourth-order valence-electron chi connectivity index (χ4n) is 2.49. The van der Waals surface area contributed by atoms with Crippen molar-refractivity contribution in [2.24, 2.45) is 5.92 Å². The number of aromatic amines is 1. The molecule has 0 aromatic carbocycles. The Hall–Kier alpha value is -1.95. The van der Waals surface area contributed by atoms with Crippen molar-refractivity contribution in [1.29, 1.82) is 0 Å². The smallest absolute Gasteiger partial charge is 0.247 e. The maximum absolute atomic E-state index is 11.1. The van der Waals surface area contributed by atoms with E-state index in [9.17, 15) is 4.79 Å². The Bertz CT molecular complexity index is 622. The third-order valence-corrected chi connectivity index (χ3v) is 3.47. The summed E-state index contributed by atoms with van der Waals surface area (Å²) in [4.78, 5) is 13.8. The molecule has 0 saturated carbocycles. The highest BCUT2D eigenvalue weighted by atomic mass is 16.1. The van der Waals surface area contributed by atoms with Crippen LogP contribution in [0.4, 0.5) is 0 Å². The van der Waals surface area contributed by atoms with Gasteiger partial charge in [0.15, 0.2) is 11.6 Å². The van der Waals surface area contributed by atoms with Gasteiger partial charge in [-0.15, -0.1) is 10.2 Å². The fraction of sp³-hybridized carbons (Fsp3) is 0.462.